The number of thioether (sulfide) groups is 1. The van der Waals surface area contributed by atoms with Gasteiger partial charge in [-0.05, 0) is 37.1 Å². The molecular weight excluding hydrogens is 450 g/mol. The van der Waals surface area contributed by atoms with Gasteiger partial charge in [-0.2, -0.15) is 4.98 Å². The van der Waals surface area contributed by atoms with E-state index in [9.17, 15) is 9.59 Å². The molecule has 1 fully saturated rings. The molecule has 3 aromatic rings. The third-order valence-electron chi connectivity index (χ3n) is 5.10. The summed E-state index contributed by atoms with van der Waals surface area (Å²) in [5.41, 5.74) is 0.609. The summed E-state index contributed by atoms with van der Waals surface area (Å²) in [5.74, 6) is 1.51. The van der Waals surface area contributed by atoms with Gasteiger partial charge in [-0.3, -0.25) is 9.59 Å². The van der Waals surface area contributed by atoms with E-state index in [2.05, 4.69) is 20.4 Å². The lowest BCUT2D eigenvalue weighted by molar-refractivity contribution is -0.121. The summed E-state index contributed by atoms with van der Waals surface area (Å²) in [4.78, 5) is 37.0. The number of hydrogen-bond acceptors (Lipinski definition) is 7. The minimum absolute atomic E-state index is 0.0838. The van der Waals surface area contributed by atoms with Gasteiger partial charge in [0.25, 0.3) is 5.91 Å². The maximum absolute atomic E-state index is 13.3. The van der Waals surface area contributed by atoms with E-state index in [0.29, 0.717) is 47.0 Å². The summed E-state index contributed by atoms with van der Waals surface area (Å²) in [6.07, 6.45) is 2.96. The Morgan fingerprint density at radius 1 is 1.28 bits per heavy atom. The number of amides is 2. The second-order valence-electron chi connectivity index (χ2n) is 7.46. The van der Waals surface area contributed by atoms with Gasteiger partial charge in [0.2, 0.25) is 11.8 Å². The number of anilines is 1. The molecule has 1 atom stereocenters. The van der Waals surface area contributed by atoms with E-state index >= 15 is 0 Å². The molecule has 0 spiro atoms. The van der Waals surface area contributed by atoms with Crippen LogP contribution in [-0.2, 0) is 10.5 Å². The van der Waals surface area contributed by atoms with E-state index in [1.165, 1.54) is 18.0 Å². The summed E-state index contributed by atoms with van der Waals surface area (Å²) in [6, 6.07) is 10.8. The first-order valence-electron chi connectivity index (χ1n) is 10.2. The molecule has 0 saturated carbocycles. The monoisotopic (exact) mass is 471 g/mol. The molecule has 1 aliphatic rings. The van der Waals surface area contributed by atoms with Crippen LogP contribution in [0.15, 0.2) is 52.0 Å². The van der Waals surface area contributed by atoms with Gasteiger partial charge in [0.05, 0.1) is 22.3 Å². The highest BCUT2D eigenvalue weighted by atomic mass is 35.5. The standard InChI is InChI=1S/C22H22ClN5O3S/c1-14-25-20(27-31-14)13-32-18-7-3-2-6-17(18)22(30)28-10-4-5-15(12-28)21(29)26-19-9-8-16(23)11-24-19/h2-3,6-9,11,15H,4-5,10,12-13H2,1H3,(H,24,26,29). The quantitative estimate of drug-likeness (QED) is 0.537. The highest BCUT2D eigenvalue weighted by molar-refractivity contribution is 7.98. The van der Waals surface area contributed by atoms with Crippen LogP contribution in [0.4, 0.5) is 5.82 Å². The number of aryl methyl sites for hydroxylation is 1. The van der Waals surface area contributed by atoms with Crippen molar-refractivity contribution in [2.45, 2.75) is 30.4 Å². The first-order chi connectivity index (χ1) is 15.5. The Bertz CT molecular complexity index is 1100. The number of carbonyl (C=O) groups is 2. The van der Waals surface area contributed by atoms with Crippen LogP contribution in [0.3, 0.4) is 0 Å². The van der Waals surface area contributed by atoms with Crippen LogP contribution in [0.25, 0.3) is 0 Å². The number of nitrogens with one attached hydrogen (secondary N) is 1. The molecule has 1 aliphatic heterocycles. The van der Waals surface area contributed by atoms with Crippen molar-refractivity contribution in [1.29, 1.82) is 0 Å². The molecule has 2 amide bonds. The van der Waals surface area contributed by atoms with Crippen LogP contribution in [0.2, 0.25) is 5.02 Å². The third-order valence-corrected chi connectivity index (χ3v) is 6.40. The molecule has 1 saturated heterocycles. The number of halogens is 1. The van der Waals surface area contributed by atoms with E-state index in [4.69, 9.17) is 16.1 Å². The summed E-state index contributed by atoms with van der Waals surface area (Å²) >= 11 is 7.33. The Hall–Kier alpha value is -2.91. The summed E-state index contributed by atoms with van der Waals surface area (Å²) in [5, 5.41) is 7.22. The normalized spacial score (nSPS) is 16.1. The molecule has 3 heterocycles. The third kappa shape index (κ3) is 5.46. The number of aromatic nitrogens is 3. The summed E-state index contributed by atoms with van der Waals surface area (Å²) in [7, 11) is 0. The lowest BCUT2D eigenvalue weighted by atomic mass is 9.96. The van der Waals surface area contributed by atoms with Crippen LogP contribution in [0.1, 0.15) is 34.9 Å². The smallest absolute Gasteiger partial charge is 0.255 e. The Morgan fingerprint density at radius 3 is 2.88 bits per heavy atom. The highest BCUT2D eigenvalue weighted by Crippen LogP contribution is 2.28. The molecule has 0 bridgehead atoms. The number of benzene rings is 1. The number of rotatable bonds is 6. The number of piperidine rings is 1. The number of carbonyl (C=O) groups excluding carboxylic acids is 2. The fraction of sp³-hybridized carbons (Fsp3) is 0.318. The van der Waals surface area contributed by atoms with Crippen LogP contribution in [-0.4, -0.2) is 44.9 Å². The topological polar surface area (TPSA) is 101 Å². The first-order valence-corrected chi connectivity index (χ1v) is 11.6. The minimum Gasteiger partial charge on any atom is -0.340 e. The molecule has 1 aromatic carbocycles. The zero-order valence-corrected chi connectivity index (χ0v) is 19.0. The molecule has 166 valence electrons. The average Bonchev–Trinajstić information content (AvgIpc) is 3.24. The van der Waals surface area contributed by atoms with Crippen molar-refractivity contribution in [3.05, 3.63) is 64.9 Å². The molecule has 2 aromatic heterocycles. The molecule has 1 N–H and O–H groups in total. The van der Waals surface area contributed by atoms with Crippen molar-refractivity contribution in [3.8, 4) is 0 Å². The van der Waals surface area contributed by atoms with Gasteiger partial charge < -0.3 is 14.7 Å². The first kappa shape index (κ1) is 22.3. The minimum atomic E-state index is -0.299. The number of hydrogen-bond donors (Lipinski definition) is 1. The van der Waals surface area contributed by atoms with E-state index in [0.717, 1.165) is 17.7 Å². The largest absolute Gasteiger partial charge is 0.340 e. The predicted octanol–water partition coefficient (Wildman–Crippen LogP) is 4.21. The number of nitrogens with zero attached hydrogens (tertiary/aromatic N) is 4. The van der Waals surface area contributed by atoms with E-state index in [1.807, 2.05) is 24.3 Å². The molecule has 4 rings (SSSR count). The van der Waals surface area contributed by atoms with Crippen LogP contribution < -0.4 is 5.32 Å². The SMILES string of the molecule is Cc1nc(CSc2ccccc2C(=O)N2CCCC(C(=O)Nc3ccc(Cl)cn3)C2)no1. The van der Waals surface area contributed by atoms with E-state index < -0.39 is 0 Å². The number of pyridine rings is 1. The molecule has 0 aliphatic carbocycles. The Balaban J connectivity index is 1.41. The fourth-order valence-corrected chi connectivity index (χ4v) is 4.53. The molecular formula is C22H22ClN5O3S. The fourth-order valence-electron chi connectivity index (χ4n) is 3.54. The number of likely N-dealkylation sites (tertiary alicyclic amines) is 1. The van der Waals surface area contributed by atoms with Crippen LogP contribution >= 0.6 is 23.4 Å². The van der Waals surface area contributed by atoms with Crippen molar-refractivity contribution in [2.75, 3.05) is 18.4 Å². The van der Waals surface area contributed by atoms with Gasteiger partial charge in [-0.25, -0.2) is 4.98 Å². The van der Waals surface area contributed by atoms with E-state index in [1.54, 1.807) is 24.0 Å². The lowest BCUT2D eigenvalue weighted by Gasteiger charge is -2.32. The predicted molar refractivity (Wildman–Crippen MR) is 122 cm³/mol. The lowest BCUT2D eigenvalue weighted by Crippen LogP contribution is -2.44. The second kappa shape index (κ2) is 10.1. The Labute approximate surface area is 194 Å². The molecule has 10 heteroatoms. The van der Waals surface area contributed by atoms with Gasteiger partial charge in [0, 0.05) is 31.1 Å². The van der Waals surface area contributed by atoms with Gasteiger partial charge >= 0.3 is 0 Å². The maximum Gasteiger partial charge on any atom is 0.255 e. The maximum atomic E-state index is 13.3. The van der Waals surface area contributed by atoms with Gasteiger partial charge in [-0.15, -0.1) is 11.8 Å². The van der Waals surface area contributed by atoms with Crippen molar-refractivity contribution < 1.29 is 14.1 Å². The van der Waals surface area contributed by atoms with Crippen molar-refractivity contribution in [3.63, 3.8) is 0 Å². The summed E-state index contributed by atoms with van der Waals surface area (Å²) < 4.78 is 5.01. The average molecular weight is 472 g/mol. The van der Waals surface area contributed by atoms with Crippen LogP contribution in [0.5, 0.6) is 0 Å². The second-order valence-corrected chi connectivity index (χ2v) is 8.91. The van der Waals surface area contributed by atoms with Gasteiger partial charge in [0.15, 0.2) is 5.82 Å². The Kier molecular flexibility index (Phi) is 7.06. The molecule has 32 heavy (non-hydrogen) atoms. The highest BCUT2D eigenvalue weighted by Gasteiger charge is 2.30. The van der Waals surface area contributed by atoms with Gasteiger partial charge in [0.1, 0.15) is 5.82 Å². The zero-order chi connectivity index (χ0) is 22.5. The van der Waals surface area contributed by atoms with Gasteiger partial charge in [-0.1, -0.05) is 28.9 Å². The molecule has 1 unspecified atom stereocenters. The molecule has 8 nitrogen and oxygen atoms in total. The molecule has 0 radical (unpaired) electrons. The Morgan fingerprint density at radius 2 is 2.12 bits per heavy atom. The van der Waals surface area contributed by atoms with Crippen molar-refractivity contribution in [1.82, 2.24) is 20.0 Å². The van der Waals surface area contributed by atoms with Crippen LogP contribution in [0, 0.1) is 12.8 Å². The van der Waals surface area contributed by atoms with Crippen molar-refractivity contribution >= 4 is 41.0 Å². The van der Waals surface area contributed by atoms with E-state index in [-0.39, 0.29) is 17.7 Å². The zero-order valence-electron chi connectivity index (χ0n) is 17.5. The van der Waals surface area contributed by atoms with Crippen molar-refractivity contribution in [2.24, 2.45) is 5.92 Å². The summed E-state index contributed by atoms with van der Waals surface area (Å²) in [6.45, 7) is 2.72.